The molecule has 2 unspecified atom stereocenters. The lowest BCUT2D eigenvalue weighted by molar-refractivity contribution is -0.152. The number of carbonyl (C=O) groups is 2. The van der Waals surface area contributed by atoms with E-state index in [4.69, 9.17) is 10.5 Å². The second kappa shape index (κ2) is 5.77. The predicted molar refractivity (Wildman–Crippen MR) is 65.8 cm³/mol. The van der Waals surface area contributed by atoms with Gasteiger partial charge in [-0.15, -0.1) is 0 Å². The summed E-state index contributed by atoms with van der Waals surface area (Å²) in [5.74, 6) is -0.387. The first kappa shape index (κ1) is 13.5. The third kappa shape index (κ3) is 2.88. The quantitative estimate of drug-likeness (QED) is 0.667. The number of amides is 2. The number of hydrogen-bond donors (Lipinski definition) is 1. The van der Waals surface area contributed by atoms with Crippen LogP contribution in [0.25, 0.3) is 0 Å². The monoisotopic (exact) mass is 255 g/mol. The fraction of sp³-hybridized carbons (Fsp3) is 0.833. The molecule has 2 fully saturated rings. The van der Waals surface area contributed by atoms with Crippen molar-refractivity contribution in [1.29, 1.82) is 0 Å². The molecule has 2 atom stereocenters. The van der Waals surface area contributed by atoms with Gasteiger partial charge in [-0.2, -0.15) is 0 Å². The van der Waals surface area contributed by atoms with Gasteiger partial charge in [0.1, 0.15) is 0 Å². The maximum Gasteiger partial charge on any atom is 0.246 e. The van der Waals surface area contributed by atoms with Gasteiger partial charge in [0.05, 0.1) is 25.3 Å². The van der Waals surface area contributed by atoms with Gasteiger partial charge in [-0.25, -0.2) is 0 Å². The third-order valence-electron chi connectivity index (χ3n) is 3.61. The summed E-state index contributed by atoms with van der Waals surface area (Å²) in [7, 11) is 0. The molecule has 2 aliphatic heterocycles. The lowest BCUT2D eigenvalue weighted by Crippen LogP contribution is -2.56. The summed E-state index contributed by atoms with van der Waals surface area (Å²) in [4.78, 5) is 27.2. The van der Waals surface area contributed by atoms with E-state index in [1.165, 1.54) is 4.90 Å². The Bertz CT molecular complexity index is 335. The summed E-state index contributed by atoms with van der Waals surface area (Å²) in [5.41, 5.74) is 5.69. The van der Waals surface area contributed by atoms with E-state index in [-0.39, 0.29) is 17.9 Å². The van der Waals surface area contributed by atoms with E-state index in [1.54, 1.807) is 0 Å². The second-order valence-corrected chi connectivity index (χ2v) is 4.87. The normalized spacial score (nSPS) is 30.9. The molecule has 2 saturated heterocycles. The Morgan fingerprint density at radius 1 is 1.44 bits per heavy atom. The van der Waals surface area contributed by atoms with Crippen molar-refractivity contribution in [2.75, 3.05) is 32.8 Å². The molecule has 2 aliphatic rings. The van der Waals surface area contributed by atoms with Crippen LogP contribution in [0.5, 0.6) is 0 Å². The zero-order valence-corrected chi connectivity index (χ0v) is 10.8. The number of piperidine rings is 1. The van der Waals surface area contributed by atoms with Crippen LogP contribution in [-0.2, 0) is 14.3 Å². The molecule has 18 heavy (non-hydrogen) atoms. The van der Waals surface area contributed by atoms with Crippen LogP contribution in [0.4, 0.5) is 0 Å². The molecule has 0 aromatic rings. The van der Waals surface area contributed by atoms with E-state index < -0.39 is 6.04 Å². The second-order valence-electron chi connectivity index (χ2n) is 4.87. The summed E-state index contributed by atoms with van der Waals surface area (Å²) in [6.07, 6.45) is 0.731. The van der Waals surface area contributed by atoms with Gasteiger partial charge in [-0.05, 0) is 13.0 Å². The van der Waals surface area contributed by atoms with Crippen LogP contribution in [-0.4, -0.2) is 66.5 Å². The van der Waals surface area contributed by atoms with Crippen LogP contribution in [0, 0.1) is 0 Å². The van der Waals surface area contributed by atoms with E-state index in [9.17, 15) is 9.59 Å². The lowest BCUT2D eigenvalue weighted by Gasteiger charge is -2.36. The Hall–Kier alpha value is -0.980. The highest BCUT2D eigenvalue weighted by molar-refractivity contribution is 6.00. The summed E-state index contributed by atoms with van der Waals surface area (Å²) < 4.78 is 5.62. The topological polar surface area (TPSA) is 75.9 Å². The number of imide groups is 1. The van der Waals surface area contributed by atoms with Gasteiger partial charge >= 0.3 is 0 Å². The number of nitrogens with two attached hydrogens (primary N) is 1. The zero-order chi connectivity index (χ0) is 13.1. The Morgan fingerprint density at radius 3 is 2.94 bits per heavy atom. The van der Waals surface area contributed by atoms with Crippen LogP contribution in [0.3, 0.4) is 0 Å². The molecule has 0 aromatic heterocycles. The number of likely N-dealkylation sites (N-methyl/N-ethyl adjacent to an activating group) is 1. The molecule has 2 heterocycles. The summed E-state index contributed by atoms with van der Waals surface area (Å²) in [5, 5.41) is 0. The first-order valence-corrected chi connectivity index (χ1v) is 6.55. The fourth-order valence-corrected chi connectivity index (χ4v) is 2.43. The highest BCUT2D eigenvalue weighted by atomic mass is 16.5. The van der Waals surface area contributed by atoms with Crippen molar-refractivity contribution in [2.24, 2.45) is 5.73 Å². The van der Waals surface area contributed by atoms with Crippen molar-refractivity contribution in [3.8, 4) is 0 Å². The Balaban J connectivity index is 1.94. The minimum absolute atomic E-state index is 0.0862. The van der Waals surface area contributed by atoms with Crippen LogP contribution in [0.1, 0.15) is 19.8 Å². The average Bonchev–Trinajstić information content (AvgIpc) is 2.39. The zero-order valence-electron chi connectivity index (χ0n) is 10.8. The number of carbonyl (C=O) groups excluding carboxylic acids is 2. The third-order valence-corrected chi connectivity index (χ3v) is 3.61. The molecule has 0 aliphatic carbocycles. The summed E-state index contributed by atoms with van der Waals surface area (Å²) in [6.45, 7) is 5.72. The van der Waals surface area contributed by atoms with Gasteiger partial charge in [0.2, 0.25) is 11.8 Å². The molecule has 2 amide bonds. The van der Waals surface area contributed by atoms with E-state index in [1.807, 2.05) is 0 Å². The number of hydrogen-bond acceptors (Lipinski definition) is 5. The van der Waals surface area contributed by atoms with E-state index in [0.29, 0.717) is 26.0 Å². The number of nitrogens with zero attached hydrogens (tertiary/aromatic N) is 2. The van der Waals surface area contributed by atoms with Crippen LogP contribution in [0.2, 0.25) is 0 Å². The van der Waals surface area contributed by atoms with Crippen molar-refractivity contribution >= 4 is 11.8 Å². The molecule has 0 aromatic carbocycles. The predicted octanol–water partition coefficient (Wildman–Crippen LogP) is -0.817. The van der Waals surface area contributed by atoms with Gasteiger partial charge in [0.25, 0.3) is 0 Å². The highest BCUT2D eigenvalue weighted by Crippen LogP contribution is 2.14. The highest BCUT2D eigenvalue weighted by Gasteiger charge is 2.34. The molecule has 102 valence electrons. The van der Waals surface area contributed by atoms with Gasteiger partial charge in [-0.1, -0.05) is 6.92 Å². The van der Waals surface area contributed by atoms with Gasteiger partial charge in [-0.3, -0.25) is 19.4 Å². The standard InChI is InChI=1S/C12H21N3O3/c1-2-14-5-6-18-9(7-14)8-15-11(16)4-3-10(13)12(15)17/h9-10H,2-8,13H2,1H3. The summed E-state index contributed by atoms with van der Waals surface area (Å²) in [6, 6.07) is -0.534. The molecule has 6 nitrogen and oxygen atoms in total. The molecule has 0 spiro atoms. The van der Waals surface area contributed by atoms with E-state index in [0.717, 1.165) is 19.6 Å². The Labute approximate surface area is 107 Å². The molecule has 2 rings (SSSR count). The van der Waals surface area contributed by atoms with Crippen molar-refractivity contribution < 1.29 is 14.3 Å². The number of rotatable bonds is 3. The Kier molecular flexibility index (Phi) is 4.31. The minimum Gasteiger partial charge on any atom is -0.374 e. The van der Waals surface area contributed by atoms with Crippen LogP contribution in [0.15, 0.2) is 0 Å². The smallest absolute Gasteiger partial charge is 0.246 e. The lowest BCUT2D eigenvalue weighted by atomic mass is 10.0. The molecular formula is C12H21N3O3. The number of ether oxygens (including phenoxy) is 1. The van der Waals surface area contributed by atoms with Crippen molar-refractivity contribution in [3.63, 3.8) is 0 Å². The van der Waals surface area contributed by atoms with Gasteiger partial charge in [0.15, 0.2) is 0 Å². The fourth-order valence-electron chi connectivity index (χ4n) is 2.43. The molecule has 2 N–H and O–H groups in total. The minimum atomic E-state index is -0.534. The van der Waals surface area contributed by atoms with Crippen LogP contribution >= 0.6 is 0 Å². The van der Waals surface area contributed by atoms with Crippen LogP contribution < -0.4 is 5.73 Å². The van der Waals surface area contributed by atoms with Gasteiger partial charge in [0, 0.05) is 19.5 Å². The number of likely N-dealkylation sites (tertiary alicyclic amines) is 1. The van der Waals surface area contributed by atoms with Crippen molar-refractivity contribution in [1.82, 2.24) is 9.80 Å². The summed E-state index contributed by atoms with van der Waals surface area (Å²) >= 11 is 0. The maximum absolute atomic E-state index is 11.9. The maximum atomic E-state index is 11.9. The van der Waals surface area contributed by atoms with Crippen molar-refractivity contribution in [2.45, 2.75) is 31.9 Å². The largest absolute Gasteiger partial charge is 0.374 e. The first-order chi connectivity index (χ1) is 8.61. The van der Waals surface area contributed by atoms with Crippen molar-refractivity contribution in [3.05, 3.63) is 0 Å². The molecule has 6 heteroatoms. The van der Waals surface area contributed by atoms with Gasteiger partial charge < -0.3 is 10.5 Å². The first-order valence-electron chi connectivity index (χ1n) is 6.55. The molecule has 0 bridgehead atoms. The number of morpholine rings is 1. The van der Waals surface area contributed by atoms with E-state index in [2.05, 4.69) is 11.8 Å². The average molecular weight is 255 g/mol. The molecule has 0 radical (unpaired) electrons. The molecular weight excluding hydrogens is 234 g/mol. The molecule has 0 saturated carbocycles. The SMILES string of the molecule is CCN1CCOC(CN2C(=O)CCC(N)C2=O)C1. The van der Waals surface area contributed by atoms with E-state index >= 15 is 0 Å². The Morgan fingerprint density at radius 2 is 2.22 bits per heavy atom.